The van der Waals surface area contributed by atoms with Crippen LogP contribution in [0.1, 0.15) is 22.8 Å². The van der Waals surface area contributed by atoms with Crippen molar-refractivity contribution in [1.29, 1.82) is 0 Å². The predicted octanol–water partition coefficient (Wildman–Crippen LogP) is 2.87. The molecule has 0 bridgehead atoms. The van der Waals surface area contributed by atoms with E-state index in [4.69, 9.17) is 4.74 Å². The molecule has 2 aromatic carbocycles. The molecular weight excluding hydrogens is 262 g/mol. The number of hydrogen-bond donors (Lipinski definition) is 2. The molecule has 0 aliphatic heterocycles. The SMILES string of the molecule is COc1ccc(CCNCC(O)c2ccccc2)cc1C. The molecule has 0 spiro atoms. The van der Waals surface area contributed by atoms with Crippen LogP contribution in [-0.4, -0.2) is 25.3 Å². The quantitative estimate of drug-likeness (QED) is 0.769. The summed E-state index contributed by atoms with van der Waals surface area (Å²) in [6, 6.07) is 16.0. The van der Waals surface area contributed by atoms with Gasteiger partial charge in [0.2, 0.25) is 0 Å². The summed E-state index contributed by atoms with van der Waals surface area (Å²) < 4.78 is 5.26. The fourth-order valence-corrected chi connectivity index (χ4v) is 2.36. The Kier molecular flexibility index (Phi) is 5.78. The zero-order chi connectivity index (χ0) is 15.1. The third kappa shape index (κ3) is 4.59. The highest BCUT2D eigenvalue weighted by Crippen LogP contribution is 2.18. The number of aliphatic hydroxyl groups excluding tert-OH is 1. The van der Waals surface area contributed by atoms with E-state index in [9.17, 15) is 5.11 Å². The molecule has 2 N–H and O–H groups in total. The molecule has 0 heterocycles. The molecule has 3 heteroatoms. The lowest BCUT2D eigenvalue weighted by Gasteiger charge is -2.12. The second kappa shape index (κ2) is 7.81. The Balaban J connectivity index is 1.76. The van der Waals surface area contributed by atoms with Crippen molar-refractivity contribution in [2.45, 2.75) is 19.4 Å². The summed E-state index contributed by atoms with van der Waals surface area (Å²) in [5.74, 6) is 0.922. The van der Waals surface area contributed by atoms with E-state index >= 15 is 0 Å². The number of ether oxygens (including phenoxy) is 1. The second-order valence-electron chi connectivity index (χ2n) is 5.18. The van der Waals surface area contributed by atoms with Gasteiger partial charge in [0.25, 0.3) is 0 Å². The van der Waals surface area contributed by atoms with Crippen LogP contribution < -0.4 is 10.1 Å². The number of aryl methyl sites for hydroxylation is 1. The van der Waals surface area contributed by atoms with Crippen LogP contribution in [0.25, 0.3) is 0 Å². The molecule has 2 rings (SSSR count). The Morgan fingerprint density at radius 2 is 1.90 bits per heavy atom. The molecule has 1 unspecified atom stereocenters. The van der Waals surface area contributed by atoms with Gasteiger partial charge >= 0.3 is 0 Å². The molecule has 0 aromatic heterocycles. The lowest BCUT2D eigenvalue weighted by Crippen LogP contribution is -2.23. The standard InChI is InChI=1S/C18H23NO2/c1-14-12-15(8-9-18(14)21-2)10-11-19-13-17(20)16-6-4-3-5-7-16/h3-9,12,17,19-20H,10-11,13H2,1-2H3. The minimum Gasteiger partial charge on any atom is -0.496 e. The van der Waals surface area contributed by atoms with Crippen LogP contribution in [0.4, 0.5) is 0 Å². The first-order chi connectivity index (χ1) is 10.2. The fourth-order valence-electron chi connectivity index (χ4n) is 2.36. The molecule has 1 atom stereocenters. The second-order valence-corrected chi connectivity index (χ2v) is 5.18. The molecule has 0 saturated carbocycles. The summed E-state index contributed by atoms with van der Waals surface area (Å²) in [5.41, 5.74) is 3.37. The third-order valence-electron chi connectivity index (χ3n) is 3.57. The van der Waals surface area contributed by atoms with Gasteiger partial charge in [0, 0.05) is 6.54 Å². The van der Waals surface area contributed by atoms with E-state index in [0.717, 1.165) is 29.8 Å². The van der Waals surface area contributed by atoms with E-state index < -0.39 is 6.10 Å². The summed E-state index contributed by atoms with van der Waals surface area (Å²) in [4.78, 5) is 0. The normalized spacial score (nSPS) is 12.1. The zero-order valence-corrected chi connectivity index (χ0v) is 12.7. The average Bonchev–Trinajstić information content (AvgIpc) is 2.52. The highest BCUT2D eigenvalue weighted by Gasteiger charge is 2.06. The molecule has 2 aromatic rings. The summed E-state index contributed by atoms with van der Waals surface area (Å²) in [6.07, 6.45) is 0.482. The van der Waals surface area contributed by atoms with Gasteiger partial charge in [-0.25, -0.2) is 0 Å². The van der Waals surface area contributed by atoms with Gasteiger partial charge in [-0.3, -0.25) is 0 Å². The van der Waals surface area contributed by atoms with Crippen molar-refractivity contribution < 1.29 is 9.84 Å². The van der Waals surface area contributed by atoms with Crippen molar-refractivity contribution in [3.8, 4) is 5.75 Å². The van der Waals surface area contributed by atoms with Crippen LogP contribution in [0.15, 0.2) is 48.5 Å². The maximum atomic E-state index is 10.1. The molecule has 0 amide bonds. The highest BCUT2D eigenvalue weighted by molar-refractivity contribution is 5.36. The van der Waals surface area contributed by atoms with Crippen LogP contribution in [0.3, 0.4) is 0 Å². The monoisotopic (exact) mass is 285 g/mol. The first kappa shape index (κ1) is 15.5. The van der Waals surface area contributed by atoms with E-state index in [0.29, 0.717) is 6.54 Å². The molecule has 0 aliphatic carbocycles. The number of hydrogen-bond acceptors (Lipinski definition) is 3. The molecular formula is C18H23NO2. The largest absolute Gasteiger partial charge is 0.496 e. The number of rotatable bonds is 7. The topological polar surface area (TPSA) is 41.5 Å². The lowest BCUT2D eigenvalue weighted by atomic mass is 10.1. The Morgan fingerprint density at radius 3 is 2.57 bits per heavy atom. The summed E-state index contributed by atoms with van der Waals surface area (Å²) >= 11 is 0. The minimum atomic E-state index is -0.455. The first-order valence-electron chi connectivity index (χ1n) is 7.28. The summed E-state index contributed by atoms with van der Waals surface area (Å²) in [7, 11) is 1.69. The number of aliphatic hydroxyl groups is 1. The van der Waals surface area contributed by atoms with Crippen molar-refractivity contribution in [2.75, 3.05) is 20.2 Å². The molecule has 21 heavy (non-hydrogen) atoms. The molecule has 0 saturated heterocycles. The summed E-state index contributed by atoms with van der Waals surface area (Å²) in [5, 5.41) is 13.4. The maximum Gasteiger partial charge on any atom is 0.121 e. The Labute approximate surface area is 126 Å². The third-order valence-corrected chi connectivity index (χ3v) is 3.57. The highest BCUT2D eigenvalue weighted by atomic mass is 16.5. The Bertz CT molecular complexity index is 554. The van der Waals surface area contributed by atoms with Gasteiger partial charge < -0.3 is 15.2 Å². The predicted molar refractivity (Wildman–Crippen MR) is 85.7 cm³/mol. The first-order valence-corrected chi connectivity index (χ1v) is 7.28. The molecule has 3 nitrogen and oxygen atoms in total. The van der Waals surface area contributed by atoms with E-state index in [1.807, 2.05) is 36.4 Å². The van der Waals surface area contributed by atoms with Gasteiger partial charge in [0.05, 0.1) is 13.2 Å². The van der Waals surface area contributed by atoms with Crippen molar-refractivity contribution >= 4 is 0 Å². The lowest BCUT2D eigenvalue weighted by molar-refractivity contribution is 0.175. The van der Waals surface area contributed by atoms with Crippen molar-refractivity contribution in [2.24, 2.45) is 0 Å². The zero-order valence-electron chi connectivity index (χ0n) is 12.7. The smallest absolute Gasteiger partial charge is 0.121 e. The number of methoxy groups -OCH3 is 1. The molecule has 0 fully saturated rings. The average molecular weight is 285 g/mol. The van der Waals surface area contributed by atoms with Gasteiger partial charge in [-0.05, 0) is 42.6 Å². The Morgan fingerprint density at radius 1 is 1.14 bits per heavy atom. The van der Waals surface area contributed by atoms with Crippen LogP contribution in [0.5, 0.6) is 5.75 Å². The van der Waals surface area contributed by atoms with Gasteiger partial charge in [0.15, 0.2) is 0 Å². The molecule has 0 radical (unpaired) electrons. The van der Waals surface area contributed by atoms with E-state index in [1.165, 1.54) is 5.56 Å². The molecule has 112 valence electrons. The van der Waals surface area contributed by atoms with Crippen LogP contribution in [-0.2, 0) is 6.42 Å². The fraction of sp³-hybridized carbons (Fsp3) is 0.333. The van der Waals surface area contributed by atoms with E-state index in [-0.39, 0.29) is 0 Å². The van der Waals surface area contributed by atoms with E-state index in [2.05, 4.69) is 24.4 Å². The van der Waals surface area contributed by atoms with Gasteiger partial charge in [0.1, 0.15) is 5.75 Å². The number of benzene rings is 2. The van der Waals surface area contributed by atoms with Gasteiger partial charge in [-0.15, -0.1) is 0 Å². The van der Waals surface area contributed by atoms with Crippen molar-refractivity contribution in [3.63, 3.8) is 0 Å². The van der Waals surface area contributed by atoms with Crippen LogP contribution in [0, 0.1) is 6.92 Å². The van der Waals surface area contributed by atoms with Crippen LogP contribution >= 0.6 is 0 Å². The van der Waals surface area contributed by atoms with Crippen LogP contribution in [0.2, 0.25) is 0 Å². The van der Waals surface area contributed by atoms with Gasteiger partial charge in [-0.2, -0.15) is 0 Å². The van der Waals surface area contributed by atoms with Crippen molar-refractivity contribution in [3.05, 3.63) is 65.2 Å². The molecule has 0 aliphatic rings. The maximum absolute atomic E-state index is 10.1. The van der Waals surface area contributed by atoms with E-state index in [1.54, 1.807) is 7.11 Å². The van der Waals surface area contributed by atoms with Crippen molar-refractivity contribution in [1.82, 2.24) is 5.32 Å². The minimum absolute atomic E-state index is 0.455. The summed E-state index contributed by atoms with van der Waals surface area (Å²) in [6.45, 7) is 3.46. The Hall–Kier alpha value is -1.84. The van der Waals surface area contributed by atoms with Gasteiger partial charge in [-0.1, -0.05) is 42.5 Å². The number of nitrogens with one attached hydrogen (secondary N) is 1.